The van der Waals surface area contributed by atoms with Crippen LogP contribution in [0.2, 0.25) is 0 Å². The van der Waals surface area contributed by atoms with E-state index in [0.717, 1.165) is 23.6 Å². The van der Waals surface area contributed by atoms with Crippen LogP contribution < -0.4 is 10.5 Å². The van der Waals surface area contributed by atoms with Crippen LogP contribution in [-0.2, 0) is 6.54 Å². The topological polar surface area (TPSA) is 53.1 Å². The molecule has 0 aliphatic rings. The largest absolute Gasteiger partial charge is 0.494 e. The van der Waals surface area contributed by atoms with E-state index in [1.54, 1.807) is 6.20 Å². The zero-order valence-corrected chi connectivity index (χ0v) is 10.8. The average molecular weight is 245 g/mol. The molecular formula is C14H19N3O. The summed E-state index contributed by atoms with van der Waals surface area (Å²) >= 11 is 0. The predicted molar refractivity (Wildman–Crippen MR) is 71.5 cm³/mol. The molecular weight excluding hydrogens is 226 g/mol. The molecule has 1 aromatic carbocycles. The summed E-state index contributed by atoms with van der Waals surface area (Å²) in [5.41, 5.74) is 8.34. The van der Waals surface area contributed by atoms with Crippen molar-refractivity contribution in [2.75, 3.05) is 6.61 Å². The first-order chi connectivity index (χ1) is 8.76. The van der Waals surface area contributed by atoms with Crippen molar-refractivity contribution in [3.63, 3.8) is 0 Å². The molecule has 0 aliphatic heterocycles. The van der Waals surface area contributed by atoms with Gasteiger partial charge < -0.3 is 10.5 Å². The van der Waals surface area contributed by atoms with Gasteiger partial charge in [-0.1, -0.05) is 12.1 Å². The molecule has 4 heteroatoms. The molecule has 0 aliphatic carbocycles. The average Bonchev–Trinajstić information content (AvgIpc) is 2.87. The van der Waals surface area contributed by atoms with Gasteiger partial charge in [-0.25, -0.2) is 0 Å². The van der Waals surface area contributed by atoms with Crippen LogP contribution in [0.3, 0.4) is 0 Å². The van der Waals surface area contributed by atoms with Crippen molar-refractivity contribution in [1.82, 2.24) is 9.78 Å². The first-order valence-electron chi connectivity index (χ1n) is 6.26. The van der Waals surface area contributed by atoms with Crippen LogP contribution in [0.25, 0.3) is 0 Å². The van der Waals surface area contributed by atoms with Crippen molar-refractivity contribution in [3.05, 3.63) is 47.8 Å². The Balaban J connectivity index is 2.28. The molecule has 1 unspecified atom stereocenters. The standard InChI is InChI=1S/C14H19N3O/c1-3-17-13(8-9-16-17)14(15)11-6-5-7-12(10-11)18-4-2/h5-10,14H,3-4,15H2,1-2H3. The van der Waals surface area contributed by atoms with E-state index in [1.165, 1.54) is 0 Å². The highest BCUT2D eigenvalue weighted by Crippen LogP contribution is 2.23. The van der Waals surface area contributed by atoms with Gasteiger partial charge in [0.15, 0.2) is 0 Å². The fourth-order valence-electron chi connectivity index (χ4n) is 2.01. The number of benzene rings is 1. The van der Waals surface area contributed by atoms with E-state index in [-0.39, 0.29) is 6.04 Å². The van der Waals surface area contributed by atoms with Gasteiger partial charge >= 0.3 is 0 Å². The zero-order chi connectivity index (χ0) is 13.0. The van der Waals surface area contributed by atoms with Gasteiger partial charge in [0, 0.05) is 12.7 Å². The molecule has 0 saturated carbocycles. The Morgan fingerprint density at radius 3 is 2.89 bits per heavy atom. The Morgan fingerprint density at radius 2 is 2.17 bits per heavy atom. The molecule has 1 atom stereocenters. The molecule has 96 valence electrons. The van der Waals surface area contributed by atoms with Gasteiger partial charge in [0.25, 0.3) is 0 Å². The van der Waals surface area contributed by atoms with Gasteiger partial charge in [-0.3, -0.25) is 4.68 Å². The molecule has 2 N–H and O–H groups in total. The maximum atomic E-state index is 6.29. The number of rotatable bonds is 5. The second kappa shape index (κ2) is 5.69. The van der Waals surface area contributed by atoms with Crippen LogP contribution in [0.4, 0.5) is 0 Å². The van der Waals surface area contributed by atoms with Gasteiger partial charge in [0.2, 0.25) is 0 Å². The number of nitrogens with zero attached hydrogens (tertiary/aromatic N) is 2. The van der Waals surface area contributed by atoms with Gasteiger partial charge in [0.05, 0.1) is 18.3 Å². The number of hydrogen-bond donors (Lipinski definition) is 1. The van der Waals surface area contributed by atoms with E-state index in [0.29, 0.717) is 6.61 Å². The van der Waals surface area contributed by atoms with Crippen molar-refractivity contribution in [1.29, 1.82) is 0 Å². The van der Waals surface area contributed by atoms with E-state index in [4.69, 9.17) is 10.5 Å². The molecule has 0 amide bonds. The summed E-state index contributed by atoms with van der Waals surface area (Å²) in [4.78, 5) is 0. The normalized spacial score (nSPS) is 12.4. The van der Waals surface area contributed by atoms with Crippen LogP contribution in [0, 0.1) is 0 Å². The summed E-state index contributed by atoms with van der Waals surface area (Å²) in [7, 11) is 0. The highest BCUT2D eigenvalue weighted by Gasteiger charge is 2.13. The Bertz CT molecular complexity index is 507. The minimum absolute atomic E-state index is 0.173. The van der Waals surface area contributed by atoms with Gasteiger partial charge in [-0.2, -0.15) is 5.10 Å². The Hall–Kier alpha value is -1.81. The summed E-state index contributed by atoms with van der Waals surface area (Å²) < 4.78 is 7.41. The number of nitrogens with two attached hydrogens (primary N) is 1. The van der Waals surface area contributed by atoms with Gasteiger partial charge in [-0.15, -0.1) is 0 Å². The SMILES string of the molecule is CCOc1cccc(C(N)c2ccnn2CC)c1. The molecule has 2 aromatic rings. The minimum atomic E-state index is -0.173. The lowest BCUT2D eigenvalue weighted by Crippen LogP contribution is -2.17. The summed E-state index contributed by atoms with van der Waals surface area (Å²) in [6.07, 6.45) is 1.78. The first-order valence-corrected chi connectivity index (χ1v) is 6.26. The molecule has 0 fully saturated rings. The fraction of sp³-hybridized carbons (Fsp3) is 0.357. The highest BCUT2D eigenvalue weighted by molar-refractivity contribution is 5.34. The third-order valence-electron chi connectivity index (χ3n) is 2.90. The molecule has 0 spiro atoms. The molecule has 1 aromatic heterocycles. The lowest BCUT2D eigenvalue weighted by molar-refractivity contribution is 0.339. The van der Waals surface area contributed by atoms with Crippen LogP contribution in [0.15, 0.2) is 36.5 Å². The molecule has 0 saturated heterocycles. The van der Waals surface area contributed by atoms with Crippen LogP contribution >= 0.6 is 0 Å². The number of aromatic nitrogens is 2. The van der Waals surface area contributed by atoms with E-state index < -0.39 is 0 Å². The number of ether oxygens (including phenoxy) is 1. The van der Waals surface area contributed by atoms with Gasteiger partial charge in [0.1, 0.15) is 5.75 Å². The van der Waals surface area contributed by atoms with E-state index in [1.807, 2.05) is 41.9 Å². The third-order valence-corrected chi connectivity index (χ3v) is 2.90. The summed E-state index contributed by atoms with van der Waals surface area (Å²) in [5, 5.41) is 4.25. The van der Waals surface area contributed by atoms with Crippen LogP contribution in [-0.4, -0.2) is 16.4 Å². The van der Waals surface area contributed by atoms with E-state index in [9.17, 15) is 0 Å². The van der Waals surface area contributed by atoms with Crippen molar-refractivity contribution < 1.29 is 4.74 Å². The van der Waals surface area contributed by atoms with Crippen molar-refractivity contribution in [2.24, 2.45) is 5.73 Å². The Morgan fingerprint density at radius 1 is 1.33 bits per heavy atom. The lowest BCUT2D eigenvalue weighted by Gasteiger charge is -2.15. The van der Waals surface area contributed by atoms with E-state index in [2.05, 4.69) is 12.0 Å². The first kappa shape index (κ1) is 12.6. The molecule has 1 heterocycles. The predicted octanol–water partition coefficient (Wildman–Crippen LogP) is 2.35. The van der Waals surface area contributed by atoms with Crippen molar-refractivity contribution in [3.8, 4) is 5.75 Å². The summed E-state index contributed by atoms with van der Waals surface area (Å²) in [5.74, 6) is 0.855. The molecule has 0 radical (unpaired) electrons. The zero-order valence-electron chi connectivity index (χ0n) is 10.8. The molecule has 4 nitrogen and oxygen atoms in total. The second-order valence-electron chi connectivity index (χ2n) is 4.06. The second-order valence-corrected chi connectivity index (χ2v) is 4.06. The monoisotopic (exact) mass is 245 g/mol. The smallest absolute Gasteiger partial charge is 0.119 e. The maximum absolute atomic E-state index is 6.29. The summed E-state index contributed by atoms with van der Waals surface area (Å²) in [6.45, 7) is 5.51. The number of aryl methyl sites for hydroxylation is 1. The summed E-state index contributed by atoms with van der Waals surface area (Å²) in [6, 6.07) is 9.69. The highest BCUT2D eigenvalue weighted by atomic mass is 16.5. The van der Waals surface area contributed by atoms with Gasteiger partial charge in [-0.05, 0) is 37.6 Å². The number of hydrogen-bond acceptors (Lipinski definition) is 3. The van der Waals surface area contributed by atoms with Crippen molar-refractivity contribution in [2.45, 2.75) is 26.4 Å². The van der Waals surface area contributed by atoms with Crippen LogP contribution in [0.1, 0.15) is 31.1 Å². The fourth-order valence-corrected chi connectivity index (χ4v) is 2.01. The van der Waals surface area contributed by atoms with Crippen LogP contribution in [0.5, 0.6) is 5.75 Å². The Labute approximate surface area is 107 Å². The van der Waals surface area contributed by atoms with E-state index >= 15 is 0 Å². The molecule has 2 rings (SSSR count). The molecule has 18 heavy (non-hydrogen) atoms. The minimum Gasteiger partial charge on any atom is -0.494 e. The maximum Gasteiger partial charge on any atom is 0.119 e. The third kappa shape index (κ3) is 2.54. The lowest BCUT2D eigenvalue weighted by atomic mass is 10.0. The quantitative estimate of drug-likeness (QED) is 0.879. The molecule has 0 bridgehead atoms. The van der Waals surface area contributed by atoms with Crippen molar-refractivity contribution >= 4 is 0 Å². The Kier molecular flexibility index (Phi) is 3.99.